The molecule has 0 saturated heterocycles. The molecule has 0 aromatic rings. The van der Waals surface area contributed by atoms with Gasteiger partial charge >= 0.3 is 0 Å². The first-order valence-electron chi connectivity index (χ1n) is 0. The zero-order valence-electron chi connectivity index (χ0n) is 55.5. The topological polar surface area (TPSA) is 0 Å². The van der Waals surface area contributed by atoms with Gasteiger partial charge in [-0.25, -0.2) is 0 Å². The van der Waals surface area contributed by atoms with Gasteiger partial charge in [0.1, 0.15) is 0 Å². The maximum Gasteiger partial charge on any atom is 0 e. The van der Waals surface area contributed by atoms with Gasteiger partial charge < -0.3 is 0 Å². The molecule has 0 bridgehead atoms. The van der Waals surface area contributed by atoms with E-state index < -0.39 is 0 Å². The van der Waals surface area contributed by atoms with Crippen LogP contribution in [0.1, 0.15) is 0 Å². The van der Waals surface area contributed by atoms with E-state index in [1.54, 1.807) is 0 Å². The van der Waals surface area contributed by atoms with E-state index in [9.17, 15) is 0 Å². The molecule has 0 aromatic carbocycles. The Labute approximate surface area is 2770 Å². The van der Waals surface area contributed by atoms with E-state index in [1.807, 2.05) is 0 Å². The third-order valence-corrected chi connectivity index (χ3v) is 0. The van der Waals surface area contributed by atoms with Crippen LogP contribution >= 0.6 is 0 Å². The van der Waals surface area contributed by atoms with Crippen LogP contribution in [0.5, 0.6) is 0 Å². The molecule has 0 spiro atoms. The van der Waals surface area contributed by atoms with Gasteiger partial charge in [-0.1, -0.05) is 0 Å². The fourth-order valence-corrected chi connectivity index (χ4v) is 0. The maximum absolute atomic E-state index is 0. The fraction of sp³-hybridized carbons (Fsp3) is 0. The second-order valence-electron chi connectivity index (χ2n) is 0. The molecule has 136 heavy (non-hydrogen) atoms. The minimum absolute atomic E-state index is 0. The molecule has 0 saturated carbocycles. The van der Waals surface area contributed by atoms with Crippen LogP contribution < -0.4 is 0 Å². The average molecular weight is 25000 g/mol. The summed E-state index contributed by atoms with van der Waals surface area (Å²) in [5.41, 5.74) is 0. The van der Waals surface area contributed by atoms with Gasteiger partial charge in [-0.15, -0.1) is 0 Å². The summed E-state index contributed by atoms with van der Waals surface area (Å²) in [6.07, 6.45) is 0. The van der Waals surface area contributed by atoms with E-state index in [0.29, 0.717) is 0 Å². The summed E-state index contributed by atoms with van der Waals surface area (Å²) in [7, 11) is 0. The maximum atomic E-state index is 0. The van der Waals surface area contributed by atoms with E-state index in [0.717, 1.165) is 0 Å². The minimum Gasteiger partial charge on any atom is 0 e. The predicted octanol–water partition coefficient (Wildman–Crippen LogP) is -0.340. The summed E-state index contributed by atoms with van der Waals surface area (Å²) in [5.74, 6) is 0. The van der Waals surface area contributed by atoms with Crippen LogP contribution in [-0.4, -0.2) is 0 Å². The molecule has 0 aliphatic heterocycles. The molecule has 0 radical (unpaired) electrons. The summed E-state index contributed by atoms with van der Waals surface area (Å²) >= 11 is 0. The summed E-state index contributed by atoms with van der Waals surface area (Å²) in [5, 5.41) is 0. The van der Waals surface area contributed by atoms with Gasteiger partial charge in [0.2, 0.25) is 0 Å². The van der Waals surface area contributed by atoms with Crippen LogP contribution in [0, 0.1) is 0 Å². The molecule has 0 unspecified atom stereocenters. The van der Waals surface area contributed by atoms with Gasteiger partial charge in [-0.05, 0) is 0 Å². The number of hydrogen-bond donors (Lipinski definition) is 0. The first-order chi connectivity index (χ1) is 0. The first-order valence-corrected chi connectivity index (χ1v) is 0. The molecule has 0 aromatic heterocycles. The van der Waals surface area contributed by atoms with Gasteiger partial charge in [-0.2, -0.15) is 0 Å². The predicted molar refractivity (Wildman–Crippen MR) is 0 cm³/mol. The van der Waals surface area contributed by atoms with Crippen molar-refractivity contribution in [2.45, 2.75) is 0 Å². The second-order valence-corrected chi connectivity index (χ2v) is 0. The molecule has 0 heterocycles. The third kappa shape index (κ3) is 1330. The Bertz CT molecular complexity index is 0. The van der Waals surface area contributed by atoms with Crippen LogP contribution in [-0.2, 0) is 2860 Å². The normalized spacial score (nSPS) is 0. The molecule has 0 aliphatic carbocycles. The summed E-state index contributed by atoms with van der Waals surface area (Å²) in [6.45, 7) is 0. The molecular weight excluding hydrogens is 25000 g/mol. The molecule has 0 aliphatic rings. The Morgan fingerprint density at radius 2 is 0.00735 bits per heavy atom. The van der Waals surface area contributed by atoms with Crippen molar-refractivity contribution in [2.75, 3.05) is 0 Å². The Morgan fingerprint density at radius 3 is 0.00735 bits per heavy atom. The molecular formula is W136. The van der Waals surface area contributed by atoms with Crippen LogP contribution in [0.3, 0.4) is 0 Å². The fourth-order valence-electron chi connectivity index (χ4n) is 0. The number of rotatable bonds is 0. The van der Waals surface area contributed by atoms with Crippen molar-refractivity contribution in [1.29, 1.82) is 0 Å². The van der Waals surface area contributed by atoms with E-state index in [2.05, 4.69) is 0 Å². The van der Waals surface area contributed by atoms with E-state index >= 15 is 0 Å². The first kappa shape index (κ1) is 1370. The van der Waals surface area contributed by atoms with Gasteiger partial charge in [0.15, 0.2) is 0 Å². The van der Waals surface area contributed by atoms with Crippen LogP contribution in [0.15, 0.2) is 0 Å². The van der Waals surface area contributed by atoms with Crippen molar-refractivity contribution < 1.29 is 2860 Å². The molecule has 0 atom stereocenters. The van der Waals surface area contributed by atoms with Crippen molar-refractivity contribution in [1.82, 2.24) is 0 Å². The molecule has 0 amide bonds. The monoisotopic (exact) mass is 25000 g/mol. The molecule has 0 N–H and O–H groups in total. The van der Waals surface area contributed by atoms with Gasteiger partial charge in [0.25, 0.3) is 0 Å². The minimum atomic E-state index is 0. The number of hydrogen-bond acceptors (Lipinski definition) is 0. The largest absolute Gasteiger partial charge is 0 e. The Morgan fingerprint density at radius 1 is 0.00735 bits per heavy atom. The van der Waals surface area contributed by atoms with Crippen molar-refractivity contribution >= 4 is 0 Å². The molecule has 136 heteroatoms. The Kier molecular flexibility index (Phi) is 13600. The van der Waals surface area contributed by atoms with Crippen LogP contribution in [0.25, 0.3) is 0 Å². The molecule has 0 nitrogen and oxygen atoms in total. The third-order valence-electron chi connectivity index (χ3n) is 0. The van der Waals surface area contributed by atoms with E-state index in [1.165, 1.54) is 0 Å². The Hall–Kier alpha value is 93.6. The van der Waals surface area contributed by atoms with Crippen molar-refractivity contribution in [3.8, 4) is 0 Å². The quantitative estimate of drug-likeness (QED) is 0.312. The smallest absolute Gasteiger partial charge is 0 e. The summed E-state index contributed by atoms with van der Waals surface area (Å²) < 4.78 is 0. The van der Waals surface area contributed by atoms with Gasteiger partial charge in [-0.3, -0.25) is 0 Å². The van der Waals surface area contributed by atoms with Crippen LogP contribution in [0.2, 0.25) is 0 Å². The zero-order chi connectivity index (χ0) is 0. The Balaban J connectivity index is 0. The SMILES string of the molecule is [W].[W].[W].[W].[W].[W].[W].[W].[W].[W].[W].[W].[W].[W].[W].[W].[W].[W].[W].[W].[W].[W].[W].[W].[W].[W].[W].[W].[W].[W].[W].[W].[W].[W].[W].[W].[W].[W].[W].[W].[W].[W].[W].[W].[W].[W].[W].[W].[W].[W].[W].[W].[W].[W].[W].[W].[W].[W].[W].[W].[W].[W].[W].[W].[W].[W].[W].[W].[W].[W].[W].[W].[W].[W].[W].[W].[W].[W].[W].[W].[W].[W].[W].[W].[W].[W].[W].[W].[W].[W].[W].[W].[W].[W].[W].[W].[W].[W].[W].[W].[W].[W].[W].[W].[W].[W].[W].[W].[W].[W].[W].[W].[W].[W].[W].[W].[W].[W].[W].[W].[W].[W].[W].[W].[W].[W].[W].[W].[W].[W].[W].[W].[W].[W].[W].[W]. The van der Waals surface area contributed by atoms with Crippen molar-refractivity contribution in [2.24, 2.45) is 0 Å². The second kappa shape index (κ2) is 1350. The molecule has 0 fully saturated rings. The average Bonchev–Trinajstić information content (AvgIpc) is 0. The zero-order valence-corrected chi connectivity index (χ0v) is 454. The van der Waals surface area contributed by atoms with Crippen molar-refractivity contribution in [3.05, 3.63) is 0 Å². The van der Waals surface area contributed by atoms with Gasteiger partial charge in [0.05, 0.1) is 0 Å². The molecule has 816 valence electrons. The van der Waals surface area contributed by atoms with E-state index in [4.69, 9.17) is 0 Å². The van der Waals surface area contributed by atoms with Crippen molar-refractivity contribution in [3.63, 3.8) is 0 Å². The standard InChI is InChI=1S/136W. The van der Waals surface area contributed by atoms with E-state index in [-0.39, 0.29) is 2860 Å². The summed E-state index contributed by atoms with van der Waals surface area (Å²) in [4.78, 5) is 0. The summed E-state index contributed by atoms with van der Waals surface area (Å²) in [6, 6.07) is 0. The molecule has 0 rings (SSSR count). The van der Waals surface area contributed by atoms with Gasteiger partial charge in [0, 0.05) is 2860 Å². The van der Waals surface area contributed by atoms with Crippen LogP contribution in [0.4, 0.5) is 0 Å².